The zero-order valence-electron chi connectivity index (χ0n) is 14.0. The fourth-order valence-electron chi connectivity index (χ4n) is 2.87. The van der Waals surface area contributed by atoms with E-state index in [-0.39, 0.29) is 0 Å². The van der Waals surface area contributed by atoms with E-state index in [2.05, 4.69) is 5.32 Å². The molecule has 152 valence electrons. The molecule has 0 aliphatic carbocycles. The van der Waals surface area contributed by atoms with Crippen LogP contribution in [0, 0.1) is 0 Å². The van der Waals surface area contributed by atoms with E-state index < -0.39 is 80.5 Å². The average molecular weight is 383 g/mol. The highest BCUT2D eigenvalue weighted by molar-refractivity contribution is 5.73. The van der Waals surface area contributed by atoms with Gasteiger partial charge in [0.05, 0.1) is 13.2 Å². The smallest absolute Gasteiger partial charge is 0.217 e. The summed E-state index contributed by atoms with van der Waals surface area (Å²) in [5.41, 5.74) is 0. The Labute approximate surface area is 148 Å². The van der Waals surface area contributed by atoms with E-state index in [1.54, 1.807) is 0 Å². The second kappa shape index (κ2) is 8.84. The van der Waals surface area contributed by atoms with Crippen LogP contribution in [0.15, 0.2) is 0 Å². The lowest BCUT2D eigenvalue weighted by Gasteiger charge is -2.42. The van der Waals surface area contributed by atoms with Gasteiger partial charge in [-0.05, 0) is 0 Å². The summed E-state index contributed by atoms with van der Waals surface area (Å²) in [5, 5.41) is 70.6. The molecule has 12 nitrogen and oxygen atoms in total. The second-order valence-corrected chi connectivity index (χ2v) is 6.30. The van der Waals surface area contributed by atoms with Gasteiger partial charge in [-0.3, -0.25) is 4.79 Å². The standard InChI is InChI=1S/C14H25NO11/c1-4(17)15-7-10(20)9(19)6(25-13(7)23)3-24-14-12(22)11(21)8(18)5(2-16)26-14/h5-14,16,18-23H,2-3H2,1H3,(H,15,17)/t5-,6-,7+,8+,9-,10-,11+,12-,13-,14-/m1/s1. The number of carbonyl (C=O) groups is 1. The molecule has 8 N–H and O–H groups in total. The molecule has 12 heteroatoms. The predicted molar refractivity (Wildman–Crippen MR) is 80.2 cm³/mol. The summed E-state index contributed by atoms with van der Waals surface area (Å²) in [4.78, 5) is 11.1. The normalized spacial score (nSPS) is 46.8. The number of aliphatic hydroxyl groups excluding tert-OH is 7. The Hall–Kier alpha value is -0.930. The lowest BCUT2D eigenvalue weighted by Crippen LogP contribution is -2.64. The van der Waals surface area contributed by atoms with Crippen LogP contribution in [0.2, 0.25) is 0 Å². The first-order chi connectivity index (χ1) is 12.2. The molecule has 0 aromatic rings. The number of carbonyl (C=O) groups excluding carboxylic acids is 1. The predicted octanol–water partition coefficient (Wildman–Crippen LogP) is -5.25. The van der Waals surface area contributed by atoms with E-state index in [0.29, 0.717) is 0 Å². The van der Waals surface area contributed by atoms with Crippen molar-refractivity contribution in [1.29, 1.82) is 0 Å². The maximum Gasteiger partial charge on any atom is 0.217 e. The van der Waals surface area contributed by atoms with Crippen LogP contribution < -0.4 is 5.32 Å². The fraction of sp³-hybridized carbons (Fsp3) is 0.929. The van der Waals surface area contributed by atoms with Crippen molar-refractivity contribution in [2.45, 2.75) is 68.3 Å². The van der Waals surface area contributed by atoms with Gasteiger partial charge in [0.25, 0.3) is 0 Å². The van der Waals surface area contributed by atoms with E-state index in [4.69, 9.17) is 19.3 Å². The van der Waals surface area contributed by atoms with E-state index in [0.717, 1.165) is 0 Å². The topological polar surface area (TPSA) is 198 Å². The van der Waals surface area contributed by atoms with Gasteiger partial charge in [0, 0.05) is 6.92 Å². The highest BCUT2D eigenvalue weighted by atomic mass is 16.7. The molecule has 2 fully saturated rings. The third-order valence-electron chi connectivity index (χ3n) is 4.36. The van der Waals surface area contributed by atoms with Crippen molar-refractivity contribution in [3.05, 3.63) is 0 Å². The third-order valence-corrected chi connectivity index (χ3v) is 4.36. The van der Waals surface area contributed by atoms with E-state index in [1.807, 2.05) is 0 Å². The highest BCUT2D eigenvalue weighted by Gasteiger charge is 2.47. The first-order valence-corrected chi connectivity index (χ1v) is 8.06. The minimum absolute atomic E-state index is 0.467. The van der Waals surface area contributed by atoms with Crippen LogP contribution >= 0.6 is 0 Å². The summed E-state index contributed by atoms with van der Waals surface area (Å²) in [5.74, 6) is -0.542. The van der Waals surface area contributed by atoms with Gasteiger partial charge in [-0.15, -0.1) is 0 Å². The average Bonchev–Trinajstić information content (AvgIpc) is 2.59. The lowest BCUT2D eigenvalue weighted by atomic mass is 9.97. The molecule has 1 amide bonds. The van der Waals surface area contributed by atoms with E-state index >= 15 is 0 Å². The van der Waals surface area contributed by atoms with Crippen LogP contribution in [0.5, 0.6) is 0 Å². The Morgan fingerprint density at radius 1 is 0.923 bits per heavy atom. The Kier molecular flexibility index (Phi) is 7.27. The van der Waals surface area contributed by atoms with Gasteiger partial charge < -0.3 is 55.3 Å². The number of hydrogen-bond donors (Lipinski definition) is 8. The summed E-state index contributed by atoms with van der Waals surface area (Å²) >= 11 is 0. The van der Waals surface area contributed by atoms with Crippen LogP contribution in [-0.4, -0.2) is 116 Å². The summed E-state index contributed by atoms with van der Waals surface area (Å²) < 4.78 is 15.5. The second-order valence-electron chi connectivity index (χ2n) is 6.30. The Morgan fingerprint density at radius 3 is 2.12 bits per heavy atom. The number of ether oxygens (including phenoxy) is 3. The zero-order valence-corrected chi connectivity index (χ0v) is 14.0. The molecule has 0 aromatic carbocycles. The van der Waals surface area contributed by atoms with Gasteiger partial charge in [-0.2, -0.15) is 0 Å². The van der Waals surface area contributed by atoms with Gasteiger partial charge in [-0.25, -0.2) is 0 Å². The minimum atomic E-state index is -1.64. The molecule has 0 bridgehead atoms. The summed E-state index contributed by atoms with van der Waals surface area (Å²) in [7, 11) is 0. The van der Waals surface area contributed by atoms with Gasteiger partial charge >= 0.3 is 0 Å². The van der Waals surface area contributed by atoms with Crippen molar-refractivity contribution in [2.75, 3.05) is 13.2 Å². The van der Waals surface area contributed by atoms with Gasteiger partial charge in [0.15, 0.2) is 12.6 Å². The number of nitrogens with one attached hydrogen (secondary N) is 1. The molecule has 0 saturated carbocycles. The molecular weight excluding hydrogens is 358 g/mol. The Bertz CT molecular complexity index is 478. The summed E-state index contributed by atoms with van der Waals surface area (Å²) in [6.45, 7) is 0.0636. The SMILES string of the molecule is CC(=O)N[C@H]1[C@@H](O)[C@H](O)[C@@H](CO[C@@H]2O[C@H](CO)[C@H](O)[C@H](O)[C@H]2O)O[C@H]1O. The van der Waals surface area contributed by atoms with Gasteiger partial charge in [0.1, 0.15) is 48.8 Å². The molecule has 0 spiro atoms. The molecule has 2 aliphatic heterocycles. The van der Waals surface area contributed by atoms with Crippen molar-refractivity contribution >= 4 is 5.91 Å². The maximum absolute atomic E-state index is 11.1. The van der Waals surface area contributed by atoms with Crippen molar-refractivity contribution in [3.63, 3.8) is 0 Å². The molecule has 2 aliphatic rings. The largest absolute Gasteiger partial charge is 0.394 e. The van der Waals surface area contributed by atoms with E-state index in [1.165, 1.54) is 6.92 Å². The Morgan fingerprint density at radius 2 is 1.54 bits per heavy atom. The molecular formula is C14H25NO11. The minimum Gasteiger partial charge on any atom is -0.394 e. The first kappa shape index (κ1) is 21.4. The van der Waals surface area contributed by atoms with Gasteiger partial charge in [0.2, 0.25) is 5.91 Å². The van der Waals surface area contributed by atoms with Crippen molar-refractivity contribution in [3.8, 4) is 0 Å². The number of aliphatic hydroxyl groups is 7. The molecule has 0 radical (unpaired) electrons. The maximum atomic E-state index is 11.1. The van der Waals surface area contributed by atoms with Crippen molar-refractivity contribution in [2.24, 2.45) is 0 Å². The first-order valence-electron chi connectivity index (χ1n) is 8.06. The summed E-state index contributed by atoms with van der Waals surface area (Å²) in [6, 6.07) is -1.24. The van der Waals surface area contributed by atoms with Crippen LogP contribution in [0.3, 0.4) is 0 Å². The number of amides is 1. The van der Waals surface area contributed by atoms with Crippen LogP contribution in [-0.2, 0) is 19.0 Å². The number of rotatable bonds is 5. The molecule has 0 aromatic heterocycles. The van der Waals surface area contributed by atoms with Crippen molar-refractivity contribution < 1.29 is 54.8 Å². The monoisotopic (exact) mass is 383 g/mol. The van der Waals surface area contributed by atoms with Crippen LogP contribution in [0.4, 0.5) is 0 Å². The fourth-order valence-corrected chi connectivity index (χ4v) is 2.87. The molecule has 0 unspecified atom stereocenters. The van der Waals surface area contributed by atoms with Crippen LogP contribution in [0.1, 0.15) is 6.92 Å². The van der Waals surface area contributed by atoms with Crippen molar-refractivity contribution in [1.82, 2.24) is 5.32 Å². The Balaban J connectivity index is 1.95. The van der Waals surface area contributed by atoms with Gasteiger partial charge in [-0.1, -0.05) is 0 Å². The third kappa shape index (κ3) is 4.48. The lowest BCUT2D eigenvalue weighted by molar-refractivity contribution is -0.318. The molecule has 2 rings (SSSR count). The quantitative estimate of drug-likeness (QED) is 0.226. The highest BCUT2D eigenvalue weighted by Crippen LogP contribution is 2.24. The van der Waals surface area contributed by atoms with Crippen LogP contribution in [0.25, 0.3) is 0 Å². The molecule has 26 heavy (non-hydrogen) atoms. The molecule has 2 heterocycles. The van der Waals surface area contributed by atoms with E-state index in [9.17, 15) is 35.4 Å². The summed E-state index contributed by atoms with van der Waals surface area (Å²) in [6.07, 6.45) is -13.4. The zero-order chi connectivity index (χ0) is 19.6. The number of hydrogen-bond acceptors (Lipinski definition) is 11. The molecule has 10 atom stereocenters. The molecule has 2 saturated heterocycles.